The van der Waals surface area contributed by atoms with Crippen molar-refractivity contribution in [3.63, 3.8) is 0 Å². The molecule has 0 aliphatic carbocycles. The van der Waals surface area contributed by atoms with Crippen molar-refractivity contribution in [2.24, 2.45) is 11.7 Å². The lowest BCUT2D eigenvalue weighted by Crippen LogP contribution is -2.02. The molecule has 3 heteroatoms. The Balaban J connectivity index is 2.02. The van der Waals surface area contributed by atoms with E-state index < -0.39 is 0 Å². The van der Waals surface area contributed by atoms with E-state index in [4.69, 9.17) is 10.7 Å². The van der Waals surface area contributed by atoms with Gasteiger partial charge in [0.05, 0.1) is 10.7 Å². The minimum atomic E-state index is 0.616. The van der Waals surface area contributed by atoms with E-state index in [9.17, 15) is 0 Å². The molecule has 19 heavy (non-hydrogen) atoms. The van der Waals surface area contributed by atoms with Gasteiger partial charge < -0.3 is 5.73 Å². The van der Waals surface area contributed by atoms with Gasteiger partial charge in [-0.2, -0.15) is 0 Å². The van der Waals surface area contributed by atoms with Gasteiger partial charge in [-0.15, -0.1) is 11.3 Å². The van der Waals surface area contributed by atoms with E-state index >= 15 is 0 Å². The van der Waals surface area contributed by atoms with E-state index in [0.717, 1.165) is 19.3 Å². The Morgan fingerprint density at radius 2 is 1.89 bits per heavy atom. The first kappa shape index (κ1) is 14.2. The van der Waals surface area contributed by atoms with Crippen molar-refractivity contribution in [2.75, 3.05) is 0 Å². The lowest BCUT2D eigenvalue weighted by molar-refractivity contribution is 0.632. The summed E-state index contributed by atoms with van der Waals surface area (Å²) < 4.78 is 0. The van der Waals surface area contributed by atoms with Crippen molar-refractivity contribution in [1.82, 2.24) is 4.98 Å². The third-order valence-corrected chi connectivity index (χ3v) is 4.26. The standard InChI is InChI=1S/C16H22N2S/c1-12(2)10-14-15(11-17)19-16(18-14)9-8-13-6-4-3-5-7-13/h3-7,12H,8-11,17H2,1-2H3. The number of benzene rings is 1. The maximum Gasteiger partial charge on any atom is 0.0934 e. The average Bonchev–Trinajstić information content (AvgIpc) is 2.79. The van der Waals surface area contributed by atoms with Crippen molar-refractivity contribution in [3.05, 3.63) is 51.5 Å². The summed E-state index contributed by atoms with van der Waals surface area (Å²) >= 11 is 1.78. The highest BCUT2D eigenvalue weighted by Crippen LogP contribution is 2.22. The first-order valence-corrected chi connectivity index (χ1v) is 7.72. The smallest absolute Gasteiger partial charge is 0.0934 e. The number of aryl methyl sites for hydroxylation is 2. The second-order valence-corrected chi connectivity index (χ2v) is 6.43. The van der Waals surface area contributed by atoms with Gasteiger partial charge in [-0.05, 0) is 24.3 Å². The summed E-state index contributed by atoms with van der Waals surface area (Å²) in [6.45, 7) is 5.07. The van der Waals surface area contributed by atoms with Gasteiger partial charge in [0.15, 0.2) is 0 Å². The molecule has 1 aromatic carbocycles. The summed E-state index contributed by atoms with van der Waals surface area (Å²) in [5, 5.41) is 1.22. The highest BCUT2D eigenvalue weighted by atomic mass is 32.1. The number of aromatic nitrogens is 1. The summed E-state index contributed by atoms with van der Waals surface area (Å²) in [7, 11) is 0. The Bertz CT molecular complexity index is 503. The second-order valence-electron chi connectivity index (χ2n) is 5.27. The minimum absolute atomic E-state index is 0.616. The molecule has 0 fully saturated rings. The van der Waals surface area contributed by atoms with Crippen LogP contribution in [0.4, 0.5) is 0 Å². The number of hydrogen-bond donors (Lipinski definition) is 1. The summed E-state index contributed by atoms with van der Waals surface area (Å²) in [5.41, 5.74) is 8.40. The SMILES string of the molecule is CC(C)Cc1nc(CCc2ccccc2)sc1CN. The van der Waals surface area contributed by atoms with Crippen LogP contribution in [0, 0.1) is 5.92 Å². The zero-order chi connectivity index (χ0) is 13.7. The molecule has 0 atom stereocenters. The van der Waals surface area contributed by atoms with Crippen LogP contribution in [0.5, 0.6) is 0 Å². The Kier molecular flexibility index (Phi) is 5.11. The van der Waals surface area contributed by atoms with Crippen LogP contribution in [0.25, 0.3) is 0 Å². The topological polar surface area (TPSA) is 38.9 Å². The van der Waals surface area contributed by atoms with Crippen molar-refractivity contribution >= 4 is 11.3 Å². The predicted molar refractivity (Wildman–Crippen MR) is 82.4 cm³/mol. The molecule has 0 amide bonds. The largest absolute Gasteiger partial charge is 0.326 e. The number of nitrogens with two attached hydrogens (primary N) is 1. The van der Waals surface area contributed by atoms with Gasteiger partial charge in [-0.1, -0.05) is 44.2 Å². The molecule has 102 valence electrons. The van der Waals surface area contributed by atoms with Gasteiger partial charge in [0.25, 0.3) is 0 Å². The zero-order valence-corrected chi connectivity index (χ0v) is 12.5. The van der Waals surface area contributed by atoms with Crippen LogP contribution in [0.1, 0.15) is 35.0 Å². The van der Waals surface area contributed by atoms with E-state index in [0.29, 0.717) is 12.5 Å². The highest BCUT2D eigenvalue weighted by Gasteiger charge is 2.11. The fraction of sp³-hybridized carbons (Fsp3) is 0.438. The van der Waals surface area contributed by atoms with E-state index in [1.165, 1.54) is 21.1 Å². The fourth-order valence-electron chi connectivity index (χ4n) is 2.15. The zero-order valence-electron chi connectivity index (χ0n) is 11.7. The first-order valence-electron chi connectivity index (χ1n) is 6.90. The van der Waals surface area contributed by atoms with Gasteiger partial charge >= 0.3 is 0 Å². The first-order chi connectivity index (χ1) is 9.19. The van der Waals surface area contributed by atoms with Crippen LogP contribution in [-0.2, 0) is 25.8 Å². The highest BCUT2D eigenvalue weighted by molar-refractivity contribution is 7.11. The van der Waals surface area contributed by atoms with Crippen LogP contribution < -0.4 is 5.73 Å². The van der Waals surface area contributed by atoms with Crippen molar-refractivity contribution < 1.29 is 0 Å². The van der Waals surface area contributed by atoms with Crippen LogP contribution >= 0.6 is 11.3 Å². The van der Waals surface area contributed by atoms with Crippen LogP contribution in [0.3, 0.4) is 0 Å². The van der Waals surface area contributed by atoms with Gasteiger partial charge in [-0.3, -0.25) is 0 Å². The van der Waals surface area contributed by atoms with Gasteiger partial charge in [0.2, 0.25) is 0 Å². The maximum absolute atomic E-state index is 5.82. The molecule has 0 radical (unpaired) electrons. The van der Waals surface area contributed by atoms with E-state index in [1.54, 1.807) is 11.3 Å². The molecule has 0 saturated heterocycles. The number of thiazole rings is 1. The molecule has 1 heterocycles. The fourth-order valence-corrected chi connectivity index (χ4v) is 3.12. The lowest BCUT2D eigenvalue weighted by atomic mass is 10.1. The molecular formula is C16H22N2S. The number of rotatable bonds is 6. The third-order valence-electron chi connectivity index (χ3n) is 3.08. The summed E-state index contributed by atoms with van der Waals surface area (Å²) in [4.78, 5) is 6.04. The van der Waals surface area contributed by atoms with Gasteiger partial charge in [0, 0.05) is 17.8 Å². The summed E-state index contributed by atoms with van der Waals surface area (Å²) in [5.74, 6) is 0.634. The van der Waals surface area contributed by atoms with Crippen LogP contribution in [0.15, 0.2) is 30.3 Å². The molecule has 0 aliphatic heterocycles. The molecule has 0 unspecified atom stereocenters. The molecule has 1 aromatic heterocycles. The number of hydrogen-bond acceptors (Lipinski definition) is 3. The van der Waals surface area contributed by atoms with E-state index in [1.807, 2.05) is 0 Å². The van der Waals surface area contributed by atoms with Crippen LogP contribution in [-0.4, -0.2) is 4.98 Å². The Hall–Kier alpha value is -1.19. The minimum Gasteiger partial charge on any atom is -0.326 e. The molecule has 0 spiro atoms. The van der Waals surface area contributed by atoms with Crippen molar-refractivity contribution in [3.8, 4) is 0 Å². The van der Waals surface area contributed by atoms with Crippen molar-refractivity contribution in [1.29, 1.82) is 0 Å². The molecule has 2 rings (SSSR count). The number of nitrogens with zero attached hydrogens (tertiary/aromatic N) is 1. The normalized spacial score (nSPS) is 11.2. The molecule has 2 aromatic rings. The van der Waals surface area contributed by atoms with Crippen molar-refractivity contribution in [2.45, 2.75) is 39.7 Å². The maximum atomic E-state index is 5.82. The lowest BCUT2D eigenvalue weighted by Gasteiger charge is -2.02. The molecule has 0 aliphatic rings. The molecule has 0 bridgehead atoms. The predicted octanol–water partition coefficient (Wildman–Crippen LogP) is 3.59. The van der Waals surface area contributed by atoms with Gasteiger partial charge in [-0.25, -0.2) is 4.98 Å². The summed E-state index contributed by atoms with van der Waals surface area (Å²) in [6.07, 6.45) is 3.10. The Labute approximate surface area is 119 Å². The second kappa shape index (κ2) is 6.83. The Morgan fingerprint density at radius 3 is 2.53 bits per heavy atom. The van der Waals surface area contributed by atoms with Crippen LogP contribution in [0.2, 0.25) is 0 Å². The monoisotopic (exact) mass is 274 g/mol. The Morgan fingerprint density at radius 1 is 1.16 bits per heavy atom. The van der Waals surface area contributed by atoms with E-state index in [-0.39, 0.29) is 0 Å². The average molecular weight is 274 g/mol. The molecule has 0 saturated carbocycles. The molecule has 2 N–H and O–H groups in total. The van der Waals surface area contributed by atoms with E-state index in [2.05, 4.69) is 44.2 Å². The molecular weight excluding hydrogens is 252 g/mol. The van der Waals surface area contributed by atoms with Gasteiger partial charge in [0.1, 0.15) is 0 Å². The third kappa shape index (κ3) is 4.15. The molecule has 2 nitrogen and oxygen atoms in total. The quantitative estimate of drug-likeness (QED) is 0.874. The summed E-state index contributed by atoms with van der Waals surface area (Å²) in [6, 6.07) is 10.6.